The maximum Gasteiger partial charge on any atom is 0.416 e. The molecule has 8 heterocycles. The number of aliphatic hydroxyl groups is 1. The molecule has 4 aromatic carbocycles. The molecule has 31 heteroatoms. The first kappa shape index (κ1) is 65.8. The molecular weight excluding hydrogens is 1250 g/mol. The summed E-state index contributed by atoms with van der Waals surface area (Å²) in [5.41, 5.74) is 11.4. The van der Waals surface area contributed by atoms with Crippen LogP contribution in [0.15, 0.2) is 67.1 Å². The Morgan fingerprint density at radius 1 is 0.670 bits per heavy atom. The molecule has 0 radical (unpaired) electrons. The third kappa shape index (κ3) is 14.6. The van der Waals surface area contributed by atoms with E-state index in [9.17, 15) is 44.7 Å². The number of aromatic nitrogens is 8. The topological polar surface area (TPSA) is 286 Å². The van der Waals surface area contributed by atoms with Gasteiger partial charge in [0.15, 0.2) is 5.82 Å². The average molecular weight is 1320 g/mol. The van der Waals surface area contributed by atoms with E-state index in [2.05, 4.69) is 55.5 Å². The number of nitrogens with one attached hydrogen (secondary N) is 4. The number of carbonyl (C=O) groups excluding carboxylic acids is 2. The number of piperidine rings is 1. The van der Waals surface area contributed by atoms with Crippen molar-refractivity contribution in [2.75, 3.05) is 105 Å². The van der Waals surface area contributed by atoms with Crippen LogP contribution >= 0.6 is 34.8 Å². The van der Waals surface area contributed by atoms with Crippen LogP contribution < -0.4 is 20.4 Å². The van der Waals surface area contributed by atoms with Crippen LogP contribution in [0.4, 0.5) is 36.1 Å². The lowest BCUT2D eigenvalue weighted by molar-refractivity contribution is -0.139. The molecule has 4 saturated heterocycles. The number of likely N-dealkylation sites (tertiary alicyclic amines) is 1. The van der Waals surface area contributed by atoms with E-state index in [1.165, 1.54) is 36.7 Å². The Hall–Kier alpha value is -6.66. The normalized spacial score (nSPS) is 20.1. The highest BCUT2D eigenvalue weighted by Gasteiger charge is 2.40. The second-order valence-electron chi connectivity index (χ2n) is 23.4. The van der Waals surface area contributed by atoms with Crippen molar-refractivity contribution in [1.29, 1.82) is 0 Å². The molecule has 0 saturated carbocycles. The quantitative estimate of drug-likeness (QED) is 0.0875. The van der Waals surface area contributed by atoms with E-state index in [4.69, 9.17) is 40.5 Å². The number of piperazine rings is 3. The summed E-state index contributed by atoms with van der Waals surface area (Å²) in [6, 6.07) is 13.3. The smallest absolute Gasteiger partial charge is 0.384 e. The van der Waals surface area contributed by atoms with E-state index in [0.717, 1.165) is 61.2 Å². The fourth-order valence-corrected chi connectivity index (χ4v) is 15.5. The fraction of sp³-hybridized carbons (Fsp3) is 0.474. The largest absolute Gasteiger partial charge is 0.416 e. The van der Waals surface area contributed by atoms with Gasteiger partial charge in [-0.05, 0) is 107 Å². The van der Waals surface area contributed by atoms with Crippen LogP contribution in [0.5, 0.6) is 0 Å². The molecule has 4 aliphatic rings. The monoisotopic (exact) mass is 1320 g/mol. The second-order valence-corrected chi connectivity index (χ2v) is 28.5. The summed E-state index contributed by atoms with van der Waals surface area (Å²) in [5.74, 6) is 0.158. The number of benzene rings is 4. The number of anilines is 4. The van der Waals surface area contributed by atoms with Crippen LogP contribution in [-0.2, 0) is 35.8 Å². The zero-order valence-electron chi connectivity index (χ0n) is 49.8. The second kappa shape index (κ2) is 26.0. The van der Waals surface area contributed by atoms with Crippen molar-refractivity contribution in [1.82, 2.24) is 59.2 Å². The van der Waals surface area contributed by atoms with Crippen LogP contribution in [0, 0.1) is 0 Å². The molecule has 88 heavy (non-hydrogen) atoms. The Balaban J connectivity index is 0.000000140. The van der Waals surface area contributed by atoms with E-state index in [-0.39, 0.29) is 35.4 Å². The number of hydrogen-bond donors (Lipinski definition) is 6. The maximum atomic E-state index is 13.2. The van der Waals surface area contributed by atoms with Crippen molar-refractivity contribution in [2.45, 2.75) is 90.2 Å². The molecule has 4 aromatic heterocycles. The van der Waals surface area contributed by atoms with Crippen molar-refractivity contribution in [3.05, 3.63) is 93.3 Å². The molecule has 4 aliphatic heterocycles. The summed E-state index contributed by atoms with van der Waals surface area (Å²) < 4.78 is 89.7. The number of H-pyrrole nitrogens is 4. The van der Waals surface area contributed by atoms with E-state index >= 15 is 0 Å². The van der Waals surface area contributed by atoms with Gasteiger partial charge in [-0.2, -0.15) is 42.2 Å². The molecular formula is C57H72Cl3F3N16O7S2. The Kier molecular flexibility index (Phi) is 19.5. The van der Waals surface area contributed by atoms with Gasteiger partial charge in [-0.25, -0.2) is 16.8 Å². The number of hydrogen-bond acceptors (Lipinski definition) is 15. The Morgan fingerprint density at radius 3 is 1.64 bits per heavy atom. The first-order valence-corrected chi connectivity index (χ1v) is 33.3. The van der Waals surface area contributed by atoms with Gasteiger partial charge in [-0.3, -0.25) is 30.0 Å². The highest BCUT2D eigenvalue weighted by molar-refractivity contribution is 7.88. The van der Waals surface area contributed by atoms with Crippen LogP contribution in [0.2, 0.25) is 15.1 Å². The van der Waals surface area contributed by atoms with Gasteiger partial charge in [0.25, 0.3) is 5.91 Å². The minimum atomic E-state index is -4.40. The number of aliphatic hydroxyl groups excluding tert-OH is 1. The number of nitrogens with two attached hydrogens (primary N) is 1. The van der Waals surface area contributed by atoms with Crippen LogP contribution in [-0.4, -0.2) is 201 Å². The summed E-state index contributed by atoms with van der Waals surface area (Å²) in [6.45, 7) is 17.3. The predicted molar refractivity (Wildman–Crippen MR) is 339 cm³/mol. The number of rotatable bonds is 7. The first-order chi connectivity index (χ1) is 41.3. The van der Waals surface area contributed by atoms with Gasteiger partial charge in [0.05, 0.1) is 69.8 Å². The standard InChI is InChI=1S/C17H20F3N3O.C14H19ClN4O2S.C14H17ClN4O2.C12H16ClN5O2S/c1-10(24)23-5-4-11(8-16(23,2)3)13-6-12(17(18,19)20)7-15-14(13)9-21-22-15;1-9-7-18(8-10(2)19(9)22(3,20)21)14-5-11(15)4-13-12(14)6-16-17-13;1-9(20)14(21)19-4-2-18(3-5-19)13-7-10(15)6-12-11(13)8-16-17-12;1-21(19,20)18-4-2-17(3-5-18)10-7-8(13)6-9-11(10)12(14)16-15-9/h6-7,9,11H,4-5,8H2,1-3H3,(H,21,22);4-6,9-10H,7-8H2,1-3H3,(H,16,17);6-9,20H,2-5H2,1H3,(H,16,17);6-7H,2-5H2,1H3,(H3,14,15,16)/t;9-,10+;;. The molecule has 4 atom stereocenters. The highest BCUT2D eigenvalue weighted by atomic mass is 35.5. The minimum absolute atomic E-state index is 0.00375. The van der Waals surface area contributed by atoms with Crippen molar-refractivity contribution in [2.24, 2.45) is 0 Å². The Bertz CT molecular complexity index is 4060. The van der Waals surface area contributed by atoms with Crippen LogP contribution in [0.3, 0.4) is 0 Å². The number of nitrogen functional groups attached to an aromatic ring is 1. The summed E-state index contributed by atoms with van der Waals surface area (Å²) in [4.78, 5) is 33.5. The third-order valence-corrected chi connectivity index (χ3v) is 19.9. The lowest BCUT2D eigenvalue weighted by atomic mass is 9.78. The predicted octanol–water partition coefficient (Wildman–Crippen LogP) is 8.29. The van der Waals surface area contributed by atoms with E-state index < -0.39 is 37.9 Å². The van der Waals surface area contributed by atoms with Crippen molar-refractivity contribution in [3.63, 3.8) is 0 Å². The number of carbonyl (C=O) groups is 2. The van der Waals surface area contributed by atoms with Gasteiger partial charge in [0, 0.05) is 139 Å². The summed E-state index contributed by atoms with van der Waals surface area (Å²) in [5, 5.41) is 42.2. The number of sulfonamides is 2. The zero-order chi connectivity index (χ0) is 63.9. The highest BCUT2D eigenvalue weighted by Crippen LogP contribution is 2.43. The number of aromatic amines is 4. The average Bonchev–Trinajstić information content (AvgIpc) is 3.37. The van der Waals surface area contributed by atoms with Crippen LogP contribution in [0.1, 0.15) is 71.4 Å². The molecule has 23 nitrogen and oxygen atoms in total. The fourth-order valence-electron chi connectivity index (χ4n) is 12.6. The molecule has 0 bridgehead atoms. The van der Waals surface area contributed by atoms with Crippen molar-refractivity contribution >= 4 is 133 Å². The van der Waals surface area contributed by atoms with Gasteiger partial charge in [0.2, 0.25) is 26.0 Å². The molecule has 2 unspecified atom stereocenters. The molecule has 0 spiro atoms. The number of amides is 2. The SMILES string of the molecule is CC(=O)N1CCC(c2cc(C(F)(F)F)cc3[nH]ncc23)CC1(C)C.CC(O)C(=O)N1CCN(c2cc(Cl)cc3[nH]ncc23)CC1.CS(=O)(=O)N1CCN(c2cc(Cl)cc3[nH]nc(N)c23)CC1.C[C@@H]1CN(c2cc(Cl)cc3[nH]ncc23)C[C@H](C)N1S(C)(=O)=O. The molecule has 2 amide bonds. The van der Waals surface area contributed by atoms with Gasteiger partial charge >= 0.3 is 6.18 Å². The Labute approximate surface area is 522 Å². The molecule has 4 fully saturated rings. The van der Waals surface area contributed by atoms with Crippen molar-refractivity contribution < 1.29 is 44.7 Å². The number of fused-ring (bicyclic) bond motifs is 4. The zero-order valence-corrected chi connectivity index (χ0v) is 53.7. The van der Waals surface area contributed by atoms with E-state index in [1.807, 2.05) is 58.0 Å². The maximum absolute atomic E-state index is 13.2. The number of nitrogens with zero attached hydrogens (tertiary/aromatic N) is 11. The molecule has 7 N–H and O–H groups in total. The summed E-state index contributed by atoms with van der Waals surface area (Å²) in [6.07, 6.45) is 3.56. The third-order valence-electron chi connectivity index (χ3n) is 16.5. The van der Waals surface area contributed by atoms with Crippen molar-refractivity contribution in [3.8, 4) is 0 Å². The van der Waals surface area contributed by atoms with Crippen LogP contribution in [0.25, 0.3) is 43.6 Å². The lowest BCUT2D eigenvalue weighted by Gasteiger charge is -2.45. The van der Waals surface area contributed by atoms with Gasteiger partial charge < -0.3 is 35.3 Å². The van der Waals surface area contributed by atoms with Gasteiger partial charge in [0.1, 0.15) is 6.10 Å². The van der Waals surface area contributed by atoms with Gasteiger partial charge in [-0.1, -0.05) is 34.8 Å². The molecule has 12 rings (SSSR count). The first-order valence-electron chi connectivity index (χ1n) is 28.4. The Morgan fingerprint density at radius 2 is 1.15 bits per heavy atom. The molecule has 0 aliphatic carbocycles. The van der Waals surface area contributed by atoms with E-state index in [0.29, 0.717) is 117 Å². The number of halogens is 6. The number of alkyl halides is 3. The van der Waals surface area contributed by atoms with Gasteiger partial charge in [-0.15, -0.1) is 0 Å². The molecule has 8 aromatic rings. The molecule has 476 valence electrons. The summed E-state index contributed by atoms with van der Waals surface area (Å²) >= 11 is 18.5. The minimum Gasteiger partial charge on any atom is -0.384 e. The van der Waals surface area contributed by atoms with E-state index in [1.54, 1.807) is 38.8 Å². The summed E-state index contributed by atoms with van der Waals surface area (Å²) in [7, 11) is -6.35. The lowest BCUT2D eigenvalue weighted by Crippen LogP contribution is -2.58.